The molecule has 0 saturated carbocycles. The van der Waals surface area contributed by atoms with E-state index in [0.717, 1.165) is 109 Å². The summed E-state index contributed by atoms with van der Waals surface area (Å²) < 4.78 is 16.7. The van der Waals surface area contributed by atoms with E-state index in [1.54, 1.807) is 0 Å². The third-order valence-electron chi connectivity index (χ3n) is 11.0. The Hall–Kier alpha value is -4.97. The normalized spacial score (nSPS) is 13.3. The first-order chi connectivity index (χ1) is 35.0. The zero-order valence-corrected chi connectivity index (χ0v) is 45.2. The molecule has 0 aliphatic carbocycles. The number of unbranched alkanes of at least 4 members (excludes halogenated alkanes) is 11. The minimum absolute atomic E-state index is 0.142. The van der Waals surface area contributed by atoms with Crippen LogP contribution in [0.3, 0.4) is 0 Å². The van der Waals surface area contributed by atoms with E-state index in [4.69, 9.17) is 14.2 Å². The van der Waals surface area contributed by atoms with Gasteiger partial charge in [0.1, 0.15) is 13.2 Å². The molecule has 71 heavy (non-hydrogen) atoms. The van der Waals surface area contributed by atoms with Gasteiger partial charge in [0.2, 0.25) is 0 Å². The van der Waals surface area contributed by atoms with Gasteiger partial charge in [-0.25, -0.2) is 0 Å². The molecule has 0 heterocycles. The molecule has 6 heteroatoms. The Morgan fingerprint density at radius 3 is 0.887 bits per heavy atom. The Morgan fingerprint density at radius 1 is 0.296 bits per heavy atom. The lowest BCUT2D eigenvalue weighted by atomic mass is 10.1. The molecular weight excluding hydrogens is 877 g/mol. The highest BCUT2D eigenvalue weighted by Gasteiger charge is 2.19. The van der Waals surface area contributed by atoms with Gasteiger partial charge in [0.05, 0.1) is 0 Å². The first-order valence-electron chi connectivity index (χ1n) is 28.0. The number of hydrogen-bond donors (Lipinski definition) is 0. The molecule has 0 aromatic rings. The van der Waals surface area contributed by atoms with Crippen molar-refractivity contribution in [1.82, 2.24) is 0 Å². The quantitative estimate of drug-likeness (QED) is 0.0262. The highest BCUT2D eigenvalue weighted by molar-refractivity contribution is 5.71. The van der Waals surface area contributed by atoms with Crippen molar-refractivity contribution in [2.45, 2.75) is 219 Å². The van der Waals surface area contributed by atoms with Gasteiger partial charge in [0, 0.05) is 19.3 Å². The van der Waals surface area contributed by atoms with Crippen LogP contribution in [0.5, 0.6) is 0 Å². The van der Waals surface area contributed by atoms with Gasteiger partial charge in [-0.2, -0.15) is 0 Å². The summed E-state index contributed by atoms with van der Waals surface area (Å²) in [6.07, 6.45) is 83.8. The van der Waals surface area contributed by atoms with Gasteiger partial charge in [-0.15, -0.1) is 0 Å². The number of allylic oxidation sites excluding steroid dienone is 26. The fraction of sp³-hybridized carbons (Fsp3) is 0.554. The Morgan fingerprint density at radius 2 is 0.563 bits per heavy atom. The van der Waals surface area contributed by atoms with Gasteiger partial charge >= 0.3 is 17.9 Å². The lowest BCUT2D eigenvalue weighted by Crippen LogP contribution is -2.30. The summed E-state index contributed by atoms with van der Waals surface area (Å²) in [5.74, 6) is -1.10. The zero-order valence-electron chi connectivity index (χ0n) is 45.2. The molecule has 0 bridgehead atoms. The Balaban J connectivity index is 4.66. The van der Waals surface area contributed by atoms with Crippen LogP contribution in [0.4, 0.5) is 0 Å². The predicted molar refractivity (Wildman–Crippen MR) is 306 cm³/mol. The number of rotatable bonds is 48. The van der Waals surface area contributed by atoms with E-state index < -0.39 is 12.1 Å². The zero-order chi connectivity index (χ0) is 51.4. The molecule has 0 aliphatic heterocycles. The predicted octanol–water partition coefficient (Wildman–Crippen LogP) is 19.0. The molecule has 0 spiro atoms. The smallest absolute Gasteiger partial charge is 0.306 e. The van der Waals surface area contributed by atoms with Crippen molar-refractivity contribution in [3.63, 3.8) is 0 Å². The maximum atomic E-state index is 12.8. The molecule has 0 aromatic heterocycles. The minimum atomic E-state index is -0.851. The highest BCUT2D eigenvalue weighted by atomic mass is 16.6. The van der Waals surface area contributed by atoms with Crippen molar-refractivity contribution in [3.8, 4) is 0 Å². The van der Waals surface area contributed by atoms with E-state index in [1.807, 2.05) is 0 Å². The Bertz CT molecular complexity index is 1640. The number of carbonyl (C=O) groups is 3. The van der Waals surface area contributed by atoms with Crippen molar-refractivity contribution >= 4 is 17.9 Å². The molecule has 0 aliphatic rings. The van der Waals surface area contributed by atoms with Crippen LogP contribution in [0.25, 0.3) is 0 Å². The van der Waals surface area contributed by atoms with Gasteiger partial charge in [-0.1, -0.05) is 211 Å². The van der Waals surface area contributed by atoms with Gasteiger partial charge in [0.25, 0.3) is 0 Å². The molecule has 0 rings (SSSR count). The van der Waals surface area contributed by atoms with E-state index in [1.165, 1.54) is 51.4 Å². The first-order valence-corrected chi connectivity index (χ1v) is 28.0. The molecule has 0 radical (unpaired) electrons. The van der Waals surface area contributed by atoms with E-state index in [-0.39, 0.29) is 38.0 Å². The lowest BCUT2D eigenvalue weighted by Gasteiger charge is -2.18. The first kappa shape index (κ1) is 66.0. The Kier molecular flexibility index (Phi) is 53.6. The number of ether oxygens (including phenoxy) is 3. The summed E-state index contributed by atoms with van der Waals surface area (Å²) in [6.45, 7) is 6.32. The van der Waals surface area contributed by atoms with Crippen molar-refractivity contribution in [3.05, 3.63) is 158 Å². The second-order valence-electron chi connectivity index (χ2n) is 17.7. The van der Waals surface area contributed by atoms with Crippen LogP contribution in [0.2, 0.25) is 0 Å². The summed E-state index contributed by atoms with van der Waals surface area (Å²) in [4.78, 5) is 38.1. The van der Waals surface area contributed by atoms with Crippen LogP contribution < -0.4 is 0 Å². The number of hydrogen-bond acceptors (Lipinski definition) is 6. The second-order valence-corrected chi connectivity index (χ2v) is 17.7. The monoisotopic (exact) mass is 977 g/mol. The average Bonchev–Trinajstić information content (AvgIpc) is 3.37. The average molecular weight is 978 g/mol. The standard InChI is InChI=1S/C65H100O6/c1-4-7-10-13-16-19-22-25-28-31-32-35-37-40-43-46-49-52-55-58-64(67)70-61-62(71-65(68)59-56-53-50-47-44-41-38-34-30-27-24-21-18-15-12-9-6-3)60-69-63(66)57-54-51-48-45-42-39-36-33-29-26-23-20-17-14-11-8-5-2/h7,10,16-21,25-30,32,35-36,38-41,43,45,47-48,50,62H,4-6,8-9,11-15,22-24,31,33-34,37,42,44,46,49,51-61H2,1-3H3/b10-7-,19-16-,20-17-,21-18-,28-25-,29-26-,30-27-,35-32-,39-36-,41-38-,43-40-,48-45-,50-47-/t62-/m0/s1. The molecule has 1 atom stereocenters. The van der Waals surface area contributed by atoms with Crippen LogP contribution in [-0.2, 0) is 28.6 Å². The van der Waals surface area contributed by atoms with E-state index in [0.29, 0.717) is 19.3 Å². The van der Waals surface area contributed by atoms with Crippen LogP contribution in [0.15, 0.2) is 158 Å². The van der Waals surface area contributed by atoms with E-state index in [2.05, 4.69) is 179 Å². The third kappa shape index (κ3) is 55.8. The lowest BCUT2D eigenvalue weighted by molar-refractivity contribution is -0.167. The Labute approximate surface area is 435 Å². The number of esters is 3. The van der Waals surface area contributed by atoms with Gasteiger partial charge < -0.3 is 14.2 Å². The van der Waals surface area contributed by atoms with E-state index >= 15 is 0 Å². The summed E-state index contributed by atoms with van der Waals surface area (Å²) in [5, 5.41) is 0. The van der Waals surface area contributed by atoms with Crippen molar-refractivity contribution < 1.29 is 28.6 Å². The fourth-order valence-electron chi connectivity index (χ4n) is 6.80. The molecule has 0 N–H and O–H groups in total. The second kappa shape index (κ2) is 57.6. The SMILES string of the molecule is CC/C=C\C/C=C\C/C=C\C/C=C\C/C=C\CCCCCC(=O)OC[C@H](COC(=O)CCC/C=C\C/C=C\C/C=C\C/C=C\CCCCC)OC(=O)CCC/C=C\C/C=C\C/C=C\C/C=C\CCCCC. The maximum Gasteiger partial charge on any atom is 0.306 e. The van der Waals surface area contributed by atoms with E-state index in [9.17, 15) is 14.4 Å². The molecule has 6 nitrogen and oxygen atoms in total. The van der Waals surface area contributed by atoms with Crippen molar-refractivity contribution in [2.75, 3.05) is 13.2 Å². The van der Waals surface area contributed by atoms with Crippen LogP contribution in [-0.4, -0.2) is 37.2 Å². The fourth-order valence-corrected chi connectivity index (χ4v) is 6.80. The highest BCUT2D eigenvalue weighted by Crippen LogP contribution is 2.10. The van der Waals surface area contributed by atoms with Crippen molar-refractivity contribution in [1.29, 1.82) is 0 Å². The topological polar surface area (TPSA) is 78.9 Å². The van der Waals surface area contributed by atoms with Gasteiger partial charge in [-0.3, -0.25) is 14.4 Å². The summed E-state index contributed by atoms with van der Waals surface area (Å²) in [7, 11) is 0. The van der Waals surface area contributed by atoms with Gasteiger partial charge in [0.15, 0.2) is 6.10 Å². The molecule has 0 amide bonds. The summed E-state index contributed by atoms with van der Waals surface area (Å²) >= 11 is 0. The third-order valence-corrected chi connectivity index (χ3v) is 11.0. The molecule has 0 aromatic carbocycles. The molecule has 0 fully saturated rings. The maximum absolute atomic E-state index is 12.8. The summed E-state index contributed by atoms with van der Waals surface area (Å²) in [6, 6.07) is 0. The van der Waals surface area contributed by atoms with Crippen LogP contribution in [0.1, 0.15) is 213 Å². The molecule has 0 unspecified atom stereocenters. The van der Waals surface area contributed by atoms with Crippen LogP contribution in [0, 0.1) is 0 Å². The molecule has 396 valence electrons. The van der Waals surface area contributed by atoms with Crippen molar-refractivity contribution in [2.24, 2.45) is 0 Å². The van der Waals surface area contributed by atoms with Crippen LogP contribution >= 0.6 is 0 Å². The number of carbonyl (C=O) groups excluding carboxylic acids is 3. The minimum Gasteiger partial charge on any atom is -0.462 e. The molecular formula is C65H100O6. The summed E-state index contributed by atoms with van der Waals surface area (Å²) in [5.41, 5.74) is 0. The molecule has 0 saturated heterocycles. The largest absolute Gasteiger partial charge is 0.462 e. The van der Waals surface area contributed by atoms with Gasteiger partial charge in [-0.05, 0) is 141 Å².